The van der Waals surface area contributed by atoms with E-state index in [4.69, 9.17) is 9.84 Å². The zero-order valence-electron chi connectivity index (χ0n) is 8.45. The lowest BCUT2D eigenvalue weighted by Crippen LogP contribution is -2.41. The van der Waals surface area contributed by atoms with Gasteiger partial charge in [0.25, 0.3) is 0 Å². The van der Waals surface area contributed by atoms with Crippen LogP contribution in [-0.4, -0.2) is 43.5 Å². The van der Waals surface area contributed by atoms with Crippen LogP contribution in [0.25, 0.3) is 0 Å². The molecule has 0 spiro atoms. The third-order valence-electron chi connectivity index (χ3n) is 2.13. The summed E-state index contributed by atoms with van der Waals surface area (Å²) in [4.78, 5) is 11.1. The van der Waals surface area contributed by atoms with Gasteiger partial charge in [0.15, 0.2) is 0 Å². The number of ether oxygens (including phenoxy) is 1. The molecule has 0 bridgehead atoms. The number of aliphatic hydroxyl groups is 1. The van der Waals surface area contributed by atoms with Crippen molar-refractivity contribution in [2.24, 2.45) is 5.92 Å². The number of hydrogen-bond acceptors (Lipinski definition) is 3. The molecule has 0 aromatic heterocycles. The van der Waals surface area contributed by atoms with E-state index in [1.54, 1.807) is 6.92 Å². The molecule has 1 heterocycles. The van der Waals surface area contributed by atoms with Gasteiger partial charge in [0.05, 0.1) is 12.7 Å². The molecule has 1 aliphatic rings. The van der Waals surface area contributed by atoms with E-state index >= 15 is 0 Å². The average molecular weight is 202 g/mol. The van der Waals surface area contributed by atoms with Gasteiger partial charge in [-0.05, 0) is 13.3 Å². The second-order valence-corrected chi connectivity index (χ2v) is 3.67. The second-order valence-electron chi connectivity index (χ2n) is 3.67. The first-order valence-electron chi connectivity index (χ1n) is 4.96. The number of hydrogen-bond donors (Lipinski definition) is 3. The maximum Gasteiger partial charge on any atom is 0.314 e. The van der Waals surface area contributed by atoms with Crippen molar-refractivity contribution in [3.8, 4) is 0 Å². The SMILES string of the molecule is CC(O)CNC(=O)NCC1CCOC1. The molecular formula is C9H18N2O3. The Balaban J connectivity index is 2.02. The fourth-order valence-corrected chi connectivity index (χ4v) is 1.28. The third kappa shape index (κ3) is 4.43. The highest BCUT2D eigenvalue weighted by atomic mass is 16.5. The highest BCUT2D eigenvalue weighted by Gasteiger charge is 2.15. The Bertz CT molecular complexity index is 179. The van der Waals surface area contributed by atoms with E-state index < -0.39 is 6.10 Å². The molecule has 3 N–H and O–H groups in total. The number of rotatable bonds is 4. The van der Waals surface area contributed by atoms with Gasteiger partial charge >= 0.3 is 6.03 Å². The zero-order valence-corrected chi connectivity index (χ0v) is 8.45. The van der Waals surface area contributed by atoms with Crippen LogP contribution in [0.15, 0.2) is 0 Å². The normalized spacial score (nSPS) is 23.1. The highest BCUT2D eigenvalue weighted by molar-refractivity contribution is 5.73. The minimum atomic E-state index is -0.504. The zero-order chi connectivity index (χ0) is 10.4. The van der Waals surface area contributed by atoms with Gasteiger partial charge in [-0.1, -0.05) is 0 Å². The summed E-state index contributed by atoms with van der Waals surface area (Å²) >= 11 is 0. The van der Waals surface area contributed by atoms with Crippen molar-refractivity contribution >= 4 is 6.03 Å². The molecule has 0 aromatic rings. The van der Waals surface area contributed by atoms with Gasteiger partial charge in [-0.2, -0.15) is 0 Å². The predicted octanol–water partition coefficient (Wildman–Crippen LogP) is -0.297. The molecule has 2 atom stereocenters. The molecule has 0 saturated carbocycles. The summed E-state index contributed by atoms with van der Waals surface area (Å²) in [6.45, 7) is 4.09. The maximum atomic E-state index is 11.1. The number of carbonyl (C=O) groups is 1. The molecule has 1 aliphatic heterocycles. The molecule has 5 nitrogen and oxygen atoms in total. The summed E-state index contributed by atoms with van der Waals surface area (Å²) in [5.41, 5.74) is 0. The Morgan fingerprint density at radius 3 is 3.00 bits per heavy atom. The van der Waals surface area contributed by atoms with Crippen LogP contribution in [0.2, 0.25) is 0 Å². The van der Waals surface area contributed by atoms with Crippen LogP contribution in [0.4, 0.5) is 4.79 Å². The first kappa shape index (κ1) is 11.3. The molecule has 0 radical (unpaired) electrons. The van der Waals surface area contributed by atoms with Crippen molar-refractivity contribution in [2.75, 3.05) is 26.3 Å². The summed E-state index contributed by atoms with van der Waals surface area (Å²) in [6, 6.07) is -0.224. The first-order valence-corrected chi connectivity index (χ1v) is 4.96. The van der Waals surface area contributed by atoms with Crippen LogP contribution >= 0.6 is 0 Å². The Hall–Kier alpha value is -0.810. The Morgan fingerprint density at radius 1 is 1.64 bits per heavy atom. The fraction of sp³-hybridized carbons (Fsp3) is 0.889. The molecule has 14 heavy (non-hydrogen) atoms. The predicted molar refractivity (Wildman–Crippen MR) is 52.0 cm³/mol. The van der Waals surface area contributed by atoms with Crippen molar-refractivity contribution in [1.29, 1.82) is 0 Å². The average Bonchev–Trinajstić information content (AvgIpc) is 2.63. The van der Waals surface area contributed by atoms with E-state index in [0.717, 1.165) is 19.6 Å². The largest absolute Gasteiger partial charge is 0.392 e. The van der Waals surface area contributed by atoms with Gasteiger partial charge in [-0.3, -0.25) is 0 Å². The van der Waals surface area contributed by atoms with Crippen LogP contribution in [0.3, 0.4) is 0 Å². The van der Waals surface area contributed by atoms with Crippen molar-refractivity contribution in [1.82, 2.24) is 10.6 Å². The van der Waals surface area contributed by atoms with Gasteiger partial charge in [0.2, 0.25) is 0 Å². The lowest BCUT2D eigenvalue weighted by molar-refractivity contribution is 0.181. The van der Waals surface area contributed by atoms with E-state index in [0.29, 0.717) is 12.5 Å². The second kappa shape index (κ2) is 5.82. The van der Waals surface area contributed by atoms with Crippen LogP contribution in [0.1, 0.15) is 13.3 Å². The molecule has 0 aliphatic carbocycles. The number of amides is 2. The van der Waals surface area contributed by atoms with E-state index in [1.165, 1.54) is 0 Å². The molecule has 5 heteroatoms. The van der Waals surface area contributed by atoms with E-state index in [9.17, 15) is 4.79 Å². The molecule has 1 saturated heterocycles. The Kier molecular flexibility index (Phi) is 4.69. The quantitative estimate of drug-likeness (QED) is 0.586. The minimum absolute atomic E-state index is 0.224. The Labute approximate surface area is 83.8 Å². The van der Waals surface area contributed by atoms with Crippen molar-refractivity contribution in [3.05, 3.63) is 0 Å². The monoisotopic (exact) mass is 202 g/mol. The summed E-state index contributed by atoms with van der Waals surface area (Å²) in [7, 11) is 0. The maximum absolute atomic E-state index is 11.1. The summed E-state index contributed by atoms with van der Waals surface area (Å²) < 4.78 is 5.18. The van der Waals surface area contributed by atoms with Crippen molar-refractivity contribution < 1.29 is 14.6 Å². The van der Waals surface area contributed by atoms with E-state index in [1.807, 2.05) is 0 Å². The summed E-state index contributed by atoms with van der Waals surface area (Å²) in [5, 5.41) is 14.2. The van der Waals surface area contributed by atoms with E-state index in [-0.39, 0.29) is 12.6 Å². The van der Waals surface area contributed by atoms with Crippen LogP contribution in [0, 0.1) is 5.92 Å². The number of aliphatic hydroxyl groups excluding tert-OH is 1. The summed E-state index contributed by atoms with van der Waals surface area (Å²) in [6.07, 6.45) is 0.506. The molecule has 82 valence electrons. The summed E-state index contributed by atoms with van der Waals surface area (Å²) in [5.74, 6) is 0.437. The molecular weight excluding hydrogens is 184 g/mol. The minimum Gasteiger partial charge on any atom is -0.392 e. The van der Waals surface area contributed by atoms with Gasteiger partial charge < -0.3 is 20.5 Å². The number of urea groups is 1. The molecule has 2 unspecified atom stereocenters. The molecule has 1 rings (SSSR count). The molecule has 0 aromatic carbocycles. The van der Waals surface area contributed by atoms with Crippen LogP contribution < -0.4 is 10.6 Å². The first-order chi connectivity index (χ1) is 6.68. The van der Waals surface area contributed by atoms with Crippen molar-refractivity contribution in [3.63, 3.8) is 0 Å². The third-order valence-corrected chi connectivity index (χ3v) is 2.13. The van der Waals surface area contributed by atoms with Gasteiger partial charge in [0.1, 0.15) is 0 Å². The number of nitrogens with one attached hydrogen (secondary N) is 2. The van der Waals surface area contributed by atoms with Crippen LogP contribution in [-0.2, 0) is 4.74 Å². The lowest BCUT2D eigenvalue weighted by Gasteiger charge is -2.11. The smallest absolute Gasteiger partial charge is 0.314 e. The standard InChI is InChI=1S/C9H18N2O3/c1-7(12)4-10-9(13)11-5-8-2-3-14-6-8/h7-8,12H,2-6H2,1H3,(H2,10,11,13). The lowest BCUT2D eigenvalue weighted by atomic mass is 10.1. The fourth-order valence-electron chi connectivity index (χ4n) is 1.28. The van der Waals surface area contributed by atoms with Crippen molar-refractivity contribution in [2.45, 2.75) is 19.4 Å². The topological polar surface area (TPSA) is 70.6 Å². The van der Waals surface area contributed by atoms with Gasteiger partial charge in [-0.15, -0.1) is 0 Å². The molecule has 2 amide bonds. The molecule has 1 fully saturated rings. The van der Waals surface area contributed by atoms with E-state index in [2.05, 4.69) is 10.6 Å². The van der Waals surface area contributed by atoms with Gasteiger partial charge in [-0.25, -0.2) is 4.79 Å². The number of carbonyl (C=O) groups excluding carboxylic acids is 1. The highest BCUT2D eigenvalue weighted by Crippen LogP contribution is 2.10. The Morgan fingerprint density at radius 2 is 2.43 bits per heavy atom. The van der Waals surface area contributed by atoms with Gasteiger partial charge in [0, 0.05) is 25.6 Å². The van der Waals surface area contributed by atoms with Crippen LogP contribution in [0.5, 0.6) is 0 Å².